The van der Waals surface area contributed by atoms with Crippen molar-refractivity contribution in [1.29, 1.82) is 0 Å². The van der Waals surface area contributed by atoms with Crippen molar-refractivity contribution in [3.8, 4) is 11.5 Å². The van der Waals surface area contributed by atoms with Gasteiger partial charge in [-0.3, -0.25) is 4.79 Å². The van der Waals surface area contributed by atoms with Crippen molar-refractivity contribution in [1.82, 2.24) is 9.78 Å². The summed E-state index contributed by atoms with van der Waals surface area (Å²) in [6.45, 7) is 0.395. The van der Waals surface area contributed by atoms with Crippen molar-refractivity contribution in [2.45, 2.75) is 19.4 Å². The van der Waals surface area contributed by atoms with E-state index in [2.05, 4.69) is 10.4 Å². The zero-order valence-electron chi connectivity index (χ0n) is 16.1. The standard InChI is InChI=1S/C21H21Cl2N3O3/c1-28-16-7-8-18(29-2)14(12-16)6-9-20(27)25-19-10-11-24-26(19)13-15-4-3-5-17(22)21(15)23/h3-5,7-8,10-12H,6,9,13H2,1-2H3,(H,25,27). The average molecular weight is 434 g/mol. The Labute approximate surface area is 179 Å². The number of ether oxygens (including phenoxy) is 2. The third-order valence-electron chi connectivity index (χ3n) is 4.44. The SMILES string of the molecule is COc1ccc(OC)c(CCC(=O)Nc2ccnn2Cc2cccc(Cl)c2Cl)c1. The number of halogens is 2. The molecule has 0 atom stereocenters. The first kappa shape index (κ1) is 21.0. The minimum atomic E-state index is -0.131. The second kappa shape index (κ2) is 9.67. The molecule has 0 fully saturated rings. The van der Waals surface area contributed by atoms with Crippen molar-refractivity contribution in [3.05, 3.63) is 69.8 Å². The number of nitrogens with one attached hydrogen (secondary N) is 1. The van der Waals surface area contributed by atoms with Crippen molar-refractivity contribution in [3.63, 3.8) is 0 Å². The summed E-state index contributed by atoms with van der Waals surface area (Å²) in [6, 6.07) is 12.7. The summed E-state index contributed by atoms with van der Waals surface area (Å²) in [5.41, 5.74) is 1.72. The molecular formula is C21H21Cl2N3O3. The first-order valence-corrected chi connectivity index (χ1v) is 9.73. The van der Waals surface area contributed by atoms with Crippen LogP contribution in [0.2, 0.25) is 10.0 Å². The molecule has 2 aromatic carbocycles. The first-order chi connectivity index (χ1) is 14.0. The lowest BCUT2D eigenvalue weighted by Gasteiger charge is -2.12. The van der Waals surface area contributed by atoms with Gasteiger partial charge in [0.15, 0.2) is 0 Å². The number of aryl methyl sites for hydroxylation is 1. The van der Waals surface area contributed by atoms with Crippen LogP contribution in [-0.2, 0) is 17.8 Å². The van der Waals surface area contributed by atoms with Crippen LogP contribution in [-0.4, -0.2) is 29.9 Å². The highest BCUT2D eigenvalue weighted by molar-refractivity contribution is 6.42. The van der Waals surface area contributed by atoms with Gasteiger partial charge in [0.2, 0.25) is 5.91 Å². The minimum absolute atomic E-state index is 0.131. The molecule has 0 aliphatic heterocycles. The number of nitrogens with zero attached hydrogens (tertiary/aromatic N) is 2. The van der Waals surface area contributed by atoms with Gasteiger partial charge in [0.05, 0.1) is 37.0 Å². The van der Waals surface area contributed by atoms with Gasteiger partial charge in [0.25, 0.3) is 0 Å². The predicted octanol–water partition coefficient (Wildman–Crippen LogP) is 4.83. The predicted molar refractivity (Wildman–Crippen MR) is 114 cm³/mol. The zero-order valence-corrected chi connectivity index (χ0v) is 17.6. The summed E-state index contributed by atoms with van der Waals surface area (Å²) in [6.07, 6.45) is 2.42. The van der Waals surface area contributed by atoms with E-state index in [-0.39, 0.29) is 12.3 Å². The first-order valence-electron chi connectivity index (χ1n) is 8.97. The Morgan fingerprint density at radius 2 is 1.93 bits per heavy atom. The van der Waals surface area contributed by atoms with E-state index in [0.717, 1.165) is 22.6 Å². The number of benzene rings is 2. The second-order valence-electron chi connectivity index (χ2n) is 6.31. The highest BCUT2D eigenvalue weighted by Gasteiger charge is 2.12. The summed E-state index contributed by atoms with van der Waals surface area (Å²) in [4.78, 5) is 12.5. The van der Waals surface area contributed by atoms with Crippen molar-refractivity contribution >= 4 is 34.9 Å². The minimum Gasteiger partial charge on any atom is -0.497 e. The van der Waals surface area contributed by atoms with E-state index in [1.165, 1.54) is 0 Å². The van der Waals surface area contributed by atoms with Gasteiger partial charge >= 0.3 is 0 Å². The summed E-state index contributed by atoms with van der Waals surface area (Å²) in [5, 5.41) is 8.12. The van der Waals surface area contributed by atoms with E-state index in [1.807, 2.05) is 30.3 Å². The molecule has 0 unspecified atom stereocenters. The summed E-state index contributed by atoms with van der Waals surface area (Å²) in [7, 11) is 3.20. The Bertz CT molecular complexity index is 1000. The molecule has 1 amide bonds. The molecule has 1 heterocycles. The maximum Gasteiger partial charge on any atom is 0.225 e. The smallest absolute Gasteiger partial charge is 0.225 e. The van der Waals surface area contributed by atoms with Gasteiger partial charge in [-0.05, 0) is 41.8 Å². The lowest BCUT2D eigenvalue weighted by Crippen LogP contribution is -2.16. The molecule has 1 aromatic heterocycles. The summed E-state index contributed by atoms with van der Waals surface area (Å²) in [5.74, 6) is 1.90. The number of rotatable bonds is 8. The normalized spacial score (nSPS) is 10.6. The fourth-order valence-corrected chi connectivity index (χ4v) is 3.31. The zero-order chi connectivity index (χ0) is 20.8. The van der Waals surface area contributed by atoms with E-state index in [1.54, 1.807) is 37.2 Å². The van der Waals surface area contributed by atoms with Crippen LogP contribution in [0.4, 0.5) is 5.82 Å². The average Bonchev–Trinajstić information content (AvgIpc) is 3.16. The highest BCUT2D eigenvalue weighted by atomic mass is 35.5. The van der Waals surface area contributed by atoms with Gasteiger partial charge in [0, 0.05) is 12.5 Å². The molecule has 0 aliphatic carbocycles. The molecule has 0 aliphatic rings. The van der Waals surface area contributed by atoms with Crippen LogP contribution in [0.5, 0.6) is 11.5 Å². The molecule has 8 heteroatoms. The van der Waals surface area contributed by atoms with Crippen LogP contribution < -0.4 is 14.8 Å². The van der Waals surface area contributed by atoms with E-state index in [9.17, 15) is 4.79 Å². The van der Waals surface area contributed by atoms with Gasteiger partial charge in [-0.15, -0.1) is 0 Å². The van der Waals surface area contributed by atoms with E-state index in [4.69, 9.17) is 32.7 Å². The maximum absolute atomic E-state index is 12.5. The van der Waals surface area contributed by atoms with Crippen LogP contribution >= 0.6 is 23.2 Å². The maximum atomic E-state index is 12.5. The number of hydrogen-bond donors (Lipinski definition) is 1. The number of aromatic nitrogens is 2. The lowest BCUT2D eigenvalue weighted by atomic mass is 10.1. The van der Waals surface area contributed by atoms with Gasteiger partial charge in [-0.25, -0.2) is 4.68 Å². The number of carbonyl (C=O) groups is 1. The molecule has 0 saturated heterocycles. The fraction of sp³-hybridized carbons (Fsp3) is 0.238. The Balaban J connectivity index is 1.65. The van der Waals surface area contributed by atoms with Crippen molar-refractivity contribution in [2.75, 3.05) is 19.5 Å². The van der Waals surface area contributed by atoms with Crippen LogP contribution in [0.3, 0.4) is 0 Å². The van der Waals surface area contributed by atoms with Gasteiger partial charge < -0.3 is 14.8 Å². The number of methoxy groups -OCH3 is 2. The summed E-state index contributed by atoms with van der Waals surface area (Å²) >= 11 is 12.3. The number of anilines is 1. The lowest BCUT2D eigenvalue weighted by molar-refractivity contribution is -0.116. The van der Waals surface area contributed by atoms with E-state index < -0.39 is 0 Å². The molecule has 152 valence electrons. The monoisotopic (exact) mass is 433 g/mol. The van der Waals surface area contributed by atoms with Crippen LogP contribution in [0, 0.1) is 0 Å². The molecule has 0 saturated carbocycles. The highest BCUT2D eigenvalue weighted by Crippen LogP contribution is 2.27. The third-order valence-corrected chi connectivity index (χ3v) is 5.30. The molecule has 0 spiro atoms. The van der Waals surface area contributed by atoms with Gasteiger partial charge in [-0.1, -0.05) is 35.3 Å². The molecule has 3 rings (SSSR count). The van der Waals surface area contributed by atoms with E-state index >= 15 is 0 Å². The van der Waals surface area contributed by atoms with Crippen molar-refractivity contribution < 1.29 is 14.3 Å². The summed E-state index contributed by atoms with van der Waals surface area (Å²) < 4.78 is 12.3. The van der Waals surface area contributed by atoms with Crippen LogP contribution in [0.1, 0.15) is 17.5 Å². The fourth-order valence-electron chi connectivity index (χ4n) is 2.93. The third kappa shape index (κ3) is 5.22. The molecule has 29 heavy (non-hydrogen) atoms. The van der Waals surface area contributed by atoms with Crippen LogP contribution in [0.15, 0.2) is 48.7 Å². The Kier molecular flexibility index (Phi) is 7.01. The quantitative estimate of drug-likeness (QED) is 0.552. The Morgan fingerprint density at radius 3 is 2.69 bits per heavy atom. The number of hydrogen-bond acceptors (Lipinski definition) is 4. The molecule has 0 bridgehead atoms. The van der Waals surface area contributed by atoms with E-state index in [0.29, 0.717) is 28.8 Å². The Hall–Kier alpha value is -2.70. The number of amides is 1. The van der Waals surface area contributed by atoms with Crippen LogP contribution in [0.25, 0.3) is 0 Å². The second-order valence-corrected chi connectivity index (χ2v) is 7.10. The van der Waals surface area contributed by atoms with Gasteiger partial charge in [-0.2, -0.15) is 5.10 Å². The van der Waals surface area contributed by atoms with Gasteiger partial charge in [0.1, 0.15) is 17.3 Å². The molecule has 3 aromatic rings. The molecule has 1 N–H and O–H groups in total. The van der Waals surface area contributed by atoms with Crippen molar-refractivity contribution in [2.24, 2.45) is 0 Å². The molecule has 6 nitrogen and oxygen atoms in total. The largest absolute Gasteiger partial charge is 0.497 e. The molecular weight excluding hydrogens is 413 g/mol. The molecule has 0 radical (unpaired) electrons. The Morgan fingerprint density at radius 1 is 1.10 bits per heavy atom. The number of carbonyl (C=O) groups excluding carboxylic acids is 1. The topological polar surface area (TPSA) is 65.4 Å².